The predicted molar refractivity (Wildman–Crippen MR) is 76.5 cm³/mol. The molecule has 2 rings (SSSR count). The molecule has 0 amide bonds. The van der Waals surface area contributed by atoms with Crippen molar-refractivity contribution in [1.29, 1.82) is 0 Å². The van der Waals surface area contributed by atoms with E-state index in [9.17, 15) is 10.1 Å². The smallest absolute Gasteiger partial charge is 0.278 e. The van der Waals surface area contributed by atoms with E-state index in [1.165, 1.54) is 12.1 Å². The third-order valence-electron chi connectivity index (χ3n) is 3.65. The van der Waals surface area contributed by atoms with E-state index in [1.807, 2.05) is 0 Å². The fourth-order valence-electron chi connectivity index (χ4n) is 3.20. The normalized spacial score (nSPS) is 25.1. The lowest BCUT2D eigenvalue weighted by Crippen LogP contribution is -2.34. The summed E-state index contributed by atoms with van der Waals surface area (Å²) in [6.45, 7) is 6.63. The quantitative estimate of drug-likeness (QED) is 0.677. The van der Waals surface area contributed by atoms with Crippen molar-refractivity contribution >= 4 is 11.5 Å². The summed E-state index contributed by atoms with van der Waals surface area (Å²) >= 11 is 0. The zero-order valence-electron chi connectivity index (χ0n) is 12.1. The van der Waals surface area contributed by atoms with Gasteiger partial charge in [0.15, 0.2) is 0 Å². The van der Waals surface area contributed by atoms with Crippen LogP contribution in [0, 0.1) is 21.4 Å². The van der Waals surface area contributed by atoms with Gasteiger partial charge in [0.25, 0.3) is 5.69 Å². The topological polar surface area (TPSA) is 91.3 Å². The number of pyridine rings is 1. The van der Waals surface area contributed by atoms with E-state index < -0.39 is 4.92 Å². The average molecular weight is 279 g/mol. The largest absolute Gasteiger partial charge is 0.474 e. The van der Waals surface area contributed by atoms with Gasteiger partial charge in [0.05, 0.1) is 17.1 Å². The minimum Gasteiger partial charge on any atom is -0.474 e. The maximum Gasteiger partial charge on any atom is 0.278 e. The molecule has 1 aromatic heterocycles. The molecule has 1 aliphatic carbocycles. The van der Waals surface area contributed by atoms with Gasteiger partial charge in [-0.1, -0.05) is 20.8 Å². The second-order valence-electron chi connectivity index (χ2n) is 6.50. The molecule has 0 aliphatic heterocycles. The van der Waals surface area contributed by atoms with Gasteiger partial charge in [-0.3, -0.25) is 10.1 Å². The highest BCUT2D eigenvalue weighted by Crippen LogP contribution is 2.40. The fraction of sp³-hybridized carbons (Fsp3) is 0.643. The number of nitrogens with two attached hydrogens (primary N) is 1. The van der Waals surface area contributed by atoms with Crippen LogP contribution in [0.15, 0.2) is 12.1 Å². The first-order valence-corrected chi connectivity index (χ1v) is 6.84. The van der Waals surface area contributed by atoms with Crippen molar-refractivity contribution in [3.05, 3.63) is 22.2 Å². The van der Waals surface area contributed by atoms with Crippen LogP contribution in [0.5, 0.6) is 5.88 Å². The zero-order valence-corrected chi connectivity index (χ0v) is 12.1. The number of aromatic nitrogens is 1. The van der Waals surface area contributed by atoms with Crippen LogP contribution in [0.25, 0.3) is 0 Å². The highest BCUT2D eigenvalue weighted by atomic mass is 16.6. The SMILES string of the molecule is CC1CC(Oc2cc([N+](=O)[O-])cc(N)n2)CC(C)(C)C1. The van der Waals surface area contributed by atoms with Crippen LogP contribution in [0.2, 0.25) is 0 Å². The Kier molecular flexibility index (Phi) is 3.83. The summed E-state index contributed by atoms with van der Waals surface area (Å²) < 4.78 is 5.84. The van der Waals surface area contributed by atoms with E-state index in [0.717, 1.165) is 19.3 Å². The van der Waals surface area contributed by atoms with Crippen molar-refractivity contribution in [3.63, 3.8) is 0 Å². The molecule has 0 radical (unpaired) electrons. The van der Waals surface area contributed by atoms with Gasteiger partial charge in [-0.15, -0.1) is 0 Å². The van der Waals surface area contributed by atoms with Gasteiger partial charge in [-0.25, -0.2) is 0 Å². The molecular formula is C14H21N3O3. The molecule has 0 bridgehead atoms. The van der Waals surface area contributed by atoms with Crippen LogP contribution in [0.4, 0.5) is 11.5 Å². The molecule has 2 unspecified atom stereocenters. The van der Waals surface area contributed by atoms with Crippen molar-refractivity contribution in [2.75, 3.05) is 5.73 Å². The van der Waals surface area contributed by atoms with Crippen molar-refractivity contribution in [3.8, 4) is 5.88 Å². The first-order valence-electron chi connectivity index (χ1n) is 6.84. The number of hydrogen-bond acceptors (Lipinski definition) is 5. The molecule has 6 nitrogen and oxygen atoms in total. The molecule has 1 fully saturated rings. The van der Waals surface area contributed by atoms with E-state index in [4.69, 9.17) is 10.5 Å². The van der Waals surface area contributed by atoms with Gasteiger partial charge in [0.2, 0.25) is 5.88 Å². The zero-order chi connectivity index (χ0) is 14.9. The Morgan fingerprint density at radius 3 is 2.75 bits per heavy atom. The predicted octanol–water partition coefficient (Wildman–Crippen LogP) is 3.17. The van der Waals surface area contributed by atoms with Crippen molar-refractivity contribution in [1.82, 2.24) is 4.98 Å². The van der Waals surface area contributed by atoms with Gasteiger partial charge >= 0.3 is 0 Å². The maximum absolute atomic E-state index is 10.8. The molecular weight excluding hydrogens is 258 g/mol. The lowest BCUT2D eigenvalue weighted by molar-refractivity contribution is -0.384. The van der Waals surface area contributed by atoms with Crippen LogP contribution in [-0.4, -0.2) is 16.0 Å². The van der Waals surface area contributed by atoms with E-state index >= 15 is 0 Å². The molecule has 1 aliphatic rings. The third kappa shape index (κ3) is 3.59. The van der Waals surface area contributed by atoms with Crippen molar-refractivity contribution in [2.24, 2.45) is 11.3 Å². The summed E-state index contributed by atoms with van der Waals surface area (Å²) in [5, 5.41) is 10.8. The average Bonchev–Trinajstić information content (AvgIpc) is 2.24. The van der Waals surface area contributed by atoms with Gasteiger partial charge < -0.3 is 10.5 Å². The molecule has 1 heterocycles. The Hall–Kier alpha value is -1.85. The number of nitrogens with zero attached hydrogens (tertiary/aromatic N) is 2. The number of rotatable bonds is 3. The lowest BCUT2D eigenvalue weighted by Gasteiger charge is -2.38. The van der Waals surface area contributed by atoms with Gasteiger partial charge in [-0.05, 0) is 30.6 Å². The lowest BCUT2D eigenvalue weighted by atomic mass is 9.71. The Morgan fingerprint density at radius 1 is 1.45 bits per heavy atom. The fourth-order valence-corrected chi connectivity index (χ4v) is 3.20. The highest BCUT2D eigenvalue weighted by Gasteiger charge is 2.33. The molecule has 0 aromatic carbocycles. The molecule has 2 atom stereocenters. The summed E-state index contributed by atoms with van der Waals surface area (Å²) in [7, 11) is 0. The summed E-state index contributed by atoms with van der Waals surface area (Å²) in [5.41, 5.74) is 5.72. The second kappa shape index (κ2) is 5.26. The van der Waals surface area contributed by atoms with Crippen molar-refractivity contribution < 1.29 is 9.66 Å². The Bertz CT molecular complexity index is 516. The van der Waals surface area contributed by atoms with E-state index in [2.05, 4.69) is 25.8 Å². The molecule has 0 spiro atoms. The Morgan fingerprint density at radius 2 is 2.15 bits per heavy atom. The van der Waals surface area contributed by atoms with E-state index in [0.29, 0.717) is 5.92 Å². The maximum atomic E-state index is 10.8. The Balaban J connectivity index is 2.15. The van der Waals surface area contributed by atoms with Gasteiger partial charge in [-0.2, -0.15) is 4.98 Å². The molecule has 6 heteroatoms. The molecule has 2 N–H and O–H groups in total. The monoisotopic (exact) mass is 279 g/mol. The minimum atomic E-state index is -0.488. The summed E-state index contributed by atoms with van der Waals surface area (Å²) in [6, 6.07) is 2.57. The summed E-state index contributed by atoms with van der Waals surface area (Å²) in [6.07, 6.45) is 3.05. The van der Waals surface area contributed by atoms with Crippen LogP contribution < -0.4 is 10.5 Å². The van der Waals surface area contributed by atoms with E-state index in [1.54, 1.807) is 0 Å². The van der Waals surface area contributed by atoms with Gasteiger partial charge in [0, 0.05) is 0 Å². The van der Waals surface area contributed by atoms with Gasteiger partial charge in [0.1, 0.15) is 11.9 Å². The van der Waals surface area contributed by atoms with Crippen LogP contribution >= 0.6 is 0 Å². The number of hydrogen-bond donors (Lipinski definition) is 1. The highest BCUT2D eigenvalue weighted by molar-refractivity contribution is 5.45. The number of ether oxygens (including phenoxy) is 1. The number of nitrogen functional groups attached to an aromatic ring is 1. The second-order valence-corrected chi connectivity index (χ2v) is 6.50. The first-order chi connectivity index (χ1) is 9.25. The molecule has 20 heavy (non-hydrogen) atoms. The van der Waals surface area contributed by atoms with Crippen LogP contribution in [-0.2, 0) is 0 Å². The van der Waals surface area contributed by atoms with Crippen molar-refractivity contribution in [2.45, 2.75) is 46.1 Å². The standard InChI is InChI=1S/C14H21N3O3/c1-9-4-11(8-14(2,3)7-9)20-13-6-10(17(18)19)5-12(15)16-13/h5-6,9,11H,4,7-8H2,1-3H3,(H2,15,16). The molecule has 1 saturated carbocycles. The number of anilines is 1. The third-order valence-corrected chi connectivity index (χ3v) is 3.65. The van der Waals surface area contributed by atoms with E-state index in [-0.39, 0.29) is 28.9 Å². The summed E-state index contributed by atoms with van der Waals surface area (Å²) in [4.78, 5) is 14.4. The molecule has 0 saturated heterocycles. The molecule has 110 valence electrons. The summed E-state index contributed by atoms with van der Waals surface area (Å²) in [5.74, 6) is 0.920. The Labute approximate surface area is 118 Å². The number of nitro groups is 1. The minimum absolute atomic E-state index is 0.0302. The first kappa shape index (κ1) is 14.6. The molecule has 1 aromatic rings. The van der Waals surface area contributed by atoms with Crippen LogP contribution in [0.3, 0.4) is 0 Å². The van der Waals surface area contributed by atoms with Crippen LogP contribution in [0.1, 0.15) is 40.0 Å².